The van der Waals surface area contributed by atoms with Crippen molar-refractivity contribution in [2.24, 2.45) is 0 Å². The van der Waals surface area contributed by atoms with Crippen molar-refractivity contribution in [2.45, 2.75) is 57.9 Å². The van der Waals surface area contributed by atoms with Gasteiger partial charge in [-0.2, -0.15) is 0 Å². The van der Waals surface area contributed by atoms with Crippen LogP contribution in [0.25, 0.3) is 0 Å². The zero-order chi connectivity index (χ0) is 28.7. The molecule has 1 fully saturated rings. The van der Waals surface area contributed by atoms with Crippen molar-refractivity contribution >= 4 is 29.7 Å². The highest BCUT2D eigenvalue weighted by Gasteiger charge is 2.41. The Hall–Kier alpha value is -4.34. The summed E-state index contributed by atoms with van der Waals surface area (Å²) in [6.45, 7) is 5.49. The highest BCUT2D eigenvalue weighted by atomic mass is 16.6. The van der Waals surface area contributed by atoms with Gasteiger partial charge in [0, 0.05) is 12.2 Å². The molecule has 2 unspecified atom stereocenters. The lowest BCUT2D eigenvalue weighted by molar-refractivity contribution is -0.129. The molecule has 2 aromatic carbocycles. The highest BCUT2D eigenvalue weighted by molar-refractivity contribution is 6.04. The van der Waals surface area contributed by atoms with Crippen molar-refractivity contribution in [1.29, 1.82) is 0 Å². The first-order valence-electron chi connectivity index (χ1n) is 13.4. The van der Waals surface area contributed by atoms with Gasteiger partial charge in [-0.25, -0.2) is 9.59 Å². The first-order chi connectivity index (χ1) is 19.1. The van der Waals surface area contributed by atoms with Crippen LogP contribution in [0.3, 0.4) is 0 Å². The number of nitrogens with zero attached hydrogens (tertiary/aromatic N) is 2. The number of carbonyl (C=O) groups excluding carboxylic acids is 4. The molecule has 10 heteroatoms. The van der Waals surface area contributed by atoms with E-state index in [1.165, 1.54) is 9.80 Å². The van der Waals surface area contributed by atoms with Crippen LogP contribution < -0.4 is 15.5 Å². The topological polar surface area (TPSA) is 117 Å². The zero-order valence-corrected chi connectivity index (χ0v) is 23.1. The predicted octanol–water partition coefficient (Wildman–Crippen LogP) is 4.07. The molecule has 2 aliphatic rings. The molecule has 2 heterocycles. The van der Waals surface area contributed by atoms with E-state index in [1.807, 2.05) is 48.6 Å². The van der Waals surface area contributed by atoms with Crippen molar-refractivity contribution in [1.82, 2.24) is 15.5 Å². The largest absolute Gasteiger partial charge is 0.445 e. The van der Waals surface area contributed by atoms with E-state index in [-0.39, 0.29) is 25.6 Å². The van der Waals surface area contributed by atoms with Gasteiger partial charge in [0.1, 0.15) is 24.8 Å². The minimum absolute atomic E-state index is 0.0138. The molecule has 2 atom stereocenters. The van der Waals surface area contributed by atoms with Crippen LogP contribution in [-0.4, -0.2) is 60.2 Å². The van der Waals surface area contributed by atoms with Gasteiger partial charge in [-0.3, -0.25) is 19.4 Å². The molecule has 2 aliphatic heterocycles. The molecule has 0 spiro atoms. The van der Waals surface area contributed by atoms with Crippen LogP contribution in [0.1, 0.15) is 50.8 Å². The summed E-state index contributed by atoms with van der Waals surface area (Å²) >= 11 is 0. The van der Waals surface area contributed by atoms with E-state index in [2.05, 4.69) is 10.6 Å². The number of carbonyl (C=O) groups is 4. The second-order valence-electron chi connectivity index (χ2n) is 10.8. The average molecular weight is 549 g/mol. The first kappa shape index (κ1) is 28.7. The third-order valence-corrected chi connectivity index (χ3v) is 6.46. The summed E-state index contributed by atoms with van der Waals surface area (Å²) in [4.78, 5) is 54.8. The Kier molecular flexibility index (Phi) is 9.08. The lowest BCUT2D eigenvalue weighted by Crippen LogP contribution is -2.63. The Bertz CT molecular complexity index is 1260. The number of fused-ring (bicyclic) bond motifs is 4. The summed E-state index contributed by atoms with van der Waals surface area (Å²) in [5, 5.41) is 5.81. The van der Waals surface area contributed by atoms with E-state index >= 15 is 0 Å². The second-order valence-corrected chi connectivity index (χ2v) is 10.8. The summed E-state index contributed by atoms with van der Waals surface area (Å²) in [5.74, 6) is -0.770. The van der Waals surface area contributed by atoms with Crippen LogP contribution in [0, 0.1) is 0 Å². The van der Waals surface area contributed by atoms with E-state index in [4.69, 9.17) is 9.47 Å². The number of benzene rings is 2. The molecule has 4 rings (SSSR count). The number of alkyl carbamates (subject to hydrolysis) is 1. The van der Waals surface area contributed by atoms with Gasteiger partial charge in [-0.05, 0) is 56.9 Å². The van der Waals surface area contributed by atoms with Gasteiger partial charge in [0.05, 0.1) is 12.6 Å². The molecule has 0 radical (unpaired) electrons. The van der Waals surface area contributed by atoms with Gasteiger partial charge >= 0.3 is 12.2 Å². The summed E-state index contributed by atoms with van der Waals surface area (Å²) < 4.78 is 10.9. The first-order valence-corrected chi connectivity index (χ1v) is 13.4. The Labute approximate surface area is 234 Å². The maximum absolute atomic E-state index is 13.4. The van der Waals surface area contributed by atoms with Gasteiger partial charge in [0.2, 0.25) is 11.8 Å². The summed E-state index contributed by atoms with van der Waals surface area (Å²) in [6.07, 6.45) is 3.72. The SMILES string of the molecule is CC(C)(C)OC(=O)N1CC(=O)N2c3cccc(c3)C(NC(=O)OCc3ccccc3)CC=CCCNC(=O)C2C1. The van der Waals surface area contributed by atoms with Crippen molar-refractivity contribution < 1.29 is 28.7 Å². The maximum atomic E-state index is 13.4. The molecule has 2 N–H and O–H groups in total. The van der Waals surface area contributed by atoms with Gasteiger partial charge < -0.3 is 20.1 Å². The van der Waals surface area contributed by atoms with E-state index in [1.54, 1.807) is 39.0 Å². The standard InChI is InChI=1S/C30H36N4O6/c1-30(2,3)40-29(38)33-18-25-27(36)31-16-9-5-8-15-24(32-28(37)39-20-21-11-6-4-7-12-21)22-13-10-14-23(17-22)34(25)26(35)19-33/h4-8,10-14,17,24-25H,9,15-16,18-20H2,1-3H3,(H,31,36)(H,32,37). The normalized spacial score (nSPS) is 19.8. The van der Waals surface area contributed by atoms with E-state index in [0.717, 1.165) is 11.1 Å². The quantitative estimate of drug-likeness (QED) is 0.559. The molecule has 10 nitrogen and oxygen atoms in total. The van der Waals surface area contributed by atoms with Gasteiger partial charge in [-0.1, -0.05) is 54.6 Å². The molecule has 2 aromatic rings. The lowest BCUT2D eigenvalue weighted by Gasteiger charge is -2.40. The fourth-order valence-electron chi connectivity index (χ4n) is 4.58. The fraction of sp³-hybridized carbons (Fsp3) is 0.400. The van der Waals surface area contributed by atoms with Crippen molar-refractivity contribution in [3.63, 3.8) is 0 Å². The molecule has 212 valence electrons. The zero-order valence-electron chi connectivity index (χ0n) is 23.1. The van der Waals surface area contributed by atoms with Crippen LogP contribution >= 0.6 is 0 Å². The number of rotatable bonds is 3. The molecular formula is C30H36N4O6. The lowest BCUT2D eigenvalue weighted by atomic mass is 10.0. The van der Waals surface area contributed by atoms with E-state index in [0.29, 0.717) is 25.1 Å². The molecule has 0 aliphatic carbocycles. The van der Waals surface area contributed by atoms with E-state index < -0.39 is 35.8 Å². The molecule has 40 heavy (non-hydrogen) atoms. The number of nitrogens with one attached hydrogen (secondary N) is 2. The summed E-state index contributed by atoms with van der Waals surface area (Å²) in [6, 6.07) is 15.2. The molecular weight excluding hydrogens is 512 g/mol. The monoisotopic (exact) mass is 548 g/mol. The molecule has 1 saturated heterocycles. The Balaban J connectivity index is 1.58. The van der Waals surface area contributed by atoms with Gasteiger partial charge in [-0.15, -0.1) is 0 Å². The number of anilines is 1. The smallest absolute Gasteiger partial charge is 0.410 e. The number of amides is 4. The van der Waals surface area contributed by atoms with Gasteiger partial charge in [0.15, 0.2) is 0 Å². The van der Waals surface area contributed by atoms with Crippen LogP contribution in [0.5, 0.6) is 0 Å². The fourth-order valence-corrected chi connectivity index (χ4v) is 4.58. The van der Waals surface area contributed by atoms with Crippen molar-refractivity contribution in [2.75, 3.05) is 24.5 Å². The van der Waals surface area contributed by atoms with Gasteiger partial charge in [0.25, 0.3) is 0 Å². The number of hydrogen-bond donors (Lipinski definition) is 2. The average Bonchev–Trinajstić information content (AvgIpc) is 2.92. The molecule has 4 amide bonds. The Morgan fingerprint density at radius 1 is 1.05 bits per heavy atom. The predicted molar refractivity (Wildman–Crippen MR) is 149 cm³/mol. The van der Waals surface area contributed by atoms with Crippen LogP contribution in [0.15, 0.2) is 66.7 Å². The van der Waals surface area contributed by atoms with E-state index in [9.17, 15) is 19.2 Å². The highest BCUT2D eigenvalue weighted by Crippen LogP contribution is 2.28. The molecule has 0 saturated carbocycles. The molecule has 2 bridgehead atoms. The number of piperazine rings is 1. The summed E-state index contributed by atoms with van der Waals surface area (Å²) in [5.41, 5.74) is 1.38. The third kappa shape index (κ3) is 7.62. The number of ether oxygens (including phenoxy) is 2. The number of hydrogen-bond acceptors (Lipinski definition) is 6. The Morgan fingerprint density at radius 3 is 2.58 bits per heavy atom. The van der Waals surface area contributed by atoms with Crippen LogP contribution in [-0.2, 0) is 25.7 Å². The van der Waals surface area contributed by atoms with Crippen molar-refractivity contribution in [3.05, 3.63) is 77.9 Å². The Morgan fingerprint density at radius 2 is 1.82 bits per heavy atom. The minimum atomic E-state index is -0.948. The summed E-state index contributed by atoms with van der Waals surface area (Å²) in [7, 11) is 0. The van der Waals surface area contributed by atoms with Crippen LogP contribution in [0.2, 0.25) is 0 Å². The second kappa shape index (κ2) is 12.7. The maximum Gasteiger partial charge on any atom is 0.410 e. The molecule has 0 aromatic heterocycles. The third-order valence-electron chi connectivity index (χ3n) is 6.46. The minimum Gasteiger partial charge on any atom is -0.445 e. The van der Waals surface area contributed by atoms with Crippen LogP contribution in [0.4, 0.5) is 15.3 Å². The van der Waals surface area contributed by atoms with Crippen molar-refractivity contribution in [3.8, 4) is 0 Å².